The second kappa shape index (κ2) is 6.91. The lowest BCUT2D eigenvalue weighted by Gasteiger charge is -2.25. The van der Waals surface area contributed by atoms with Gasteiger partial charge in [-0.05, 0) is 37.1 Å². The monoisotopic (exact) mass is 279 g/mol. The maximum Gasteiger partial charge on any atom is 0.255 e. The summed E-state index contributed by atoms with van der Waals surface area (Å²) in [7, 11) is 0. The van der Waals surface area contributed by atoms with Gasteiger partial charge in [-0.25, -0.2) is 0 Å². The van der Waals surface area contributed by atoms with Crippen molar-refractivity contribution >= 4 is 17.5 Å². The summed E-state index contributed by atoms with van der Waals surface area (Å²) in [6.45, 7) is 3.58. The Labute approximate surface area is 118 Å². The Morgan fingerprint density at radius 2 is 1.75 bits per heavy atom. The Balaban J connectivity index is 2.65. The van der Waals surface area contributed by atoms with Crippen LogP contribution < -0.4 is 21.5 Å². The number of ether oxygens (including phenoxy) is 1. The molecule has 0 radical (unpaired) electrons. The van der Waals surface area contributed by atoms with Crippen molar-refractivity contribution in [1.82, 2.24) is 0 Å². The molecule has 1 aromatic carbocycles. The molecule has 5 N–H and O–H groups in total. The molecule has 1 aromatic rings. The molecule has 0 aliphatic heterocycles. The number of benzene rings is 1. The Kier molecular flexibility index (Phi) is 5.52. The molecule has 0 atom stereocenters. The van der Waals surface area contributed by atoms with Gasteiger partial charge in [0.1, 0.15) is 5.75 Å². The van der Waals surface area contributed by atoms with Crippen molar-refractivity contribution in [3.63, 3.8) is 0 Å². The molecule has 6 heteroatoms. The molecule has 0 aliphatic carbocycles. The maximum atomic E-state index is 12.1. The predicted octanol–water partition coefficient (Wildman–Crippen LogP) is 1.01. The highest BCUT2D eigenvalue weighted by molar-refractivity contribution is 5.97. The number of hydrogen-bond acceptors (Lipinski definition) is 4. The molecular weight excluding hydrogens is 258 g/mol. The van der Waals surface area contributed by atoms with Crippen LogP contribution in [0, 0.1) is 0 Å². The fraction of sp³-hybridized carbons (Fsp3) is 0.429. The summed E-state index contributed by atoms with van der Waals surface area (Å²) >= 11 is 0. The molecule has 0 aromatic heterocycles. The van der Waals surface area contributed by atoms with E-state index in [4.69, 9.17) is 16.2 Å². The van der Waals surface area contributed by atoms with Gasteiger partial charge in [-0.2, -0.15) is 0 Å². The minimum Gasteiger partial charge on any atom is -0.484 e. The summed E-state index contributed by atoms with van der Waals surface area (Å²) in [5.41, 5.74) is 10.8. The molecule has 0 fully saturated rings. The van der Waals surface area contributed by atoms with Gasteiger partial charge in [0, 0.05) is 5.69 Å². The number of nitrogens with two attached hydrogens (primary N) is 2. The summed E-state index contributed by atoms with van der Waals surface area (Å²) in [5, 5.41) is 2.77. The van der Waals surface area contributed by atoms with Crippen molar-refractivity contribution in [1.29, 1.82) is 0 Å². The number of primary amides is 1. The minimum atomic E-state index is -0.860. The van der Waals surface area contributed by atoms with Crippen LogP contribution in [-0.4, -0.2) is 24.0 Å². The first kappa shape index (κ1) is 16.0. The van der Waals surface area contributed by atoms with Crippen molar-refractivity contribution in [2.45, 2.75) is 32.2 Å². The lowest BCUT2D eigenvalue weighted by Crippen LogP contribution is -2.50. The number of carbonyl (C=O) groups excluding carboxylic acids is 2. The molecule has 0 saturated carbocycles. The molecule has 0 saturated heterocycles. The molecule has 110 valence electrons. The van der Waals surface area contributed by atoms with Gasteiger partial charge in [-0.15, -0.1) is 0 Å². The third-order valence-electron chi connectivity index (χ3n) is 3.21. The highest BCUT2D eigenvalue weighted by atomic mass is 16.5. The summed E-state index contributed by atoms with van der Waals surface area (Å²) in [6.07, 6.45) is 1.13. The zero-order valence-corrected chi connectivity index (χ0v) is 11.8. The van der Waals surface area contributed by atoms with E-state index in [9.17, 15) is 9.59 Å². The van der Waals surface area contributed by atoms with Crippen LogP contribution >= 0.6 is 0 Å². The largest absolute Gasteiger partial charge is 0.484 e. The maximum absolute atomic E-state index is 12.1. The van der Waals surface area contributed by atoms with Crippen LogP contribution in [-0.2, 0) is 9.59 Å². The average Bonchev–Trinajstić information content (AvgIpc) is 2.45. The topological polar surface area (TPSA) is 107 Å². The third-order valence-corrected chi connectivity index (χ3v) is 3.21. The van der Waals surface area contributed by atoms with E-state index in [1.807, 2.05) is 13.8 Å². The second-order valence-corrected chi connectivity index (χ2v) is 4.60. The normalized spacial score (nSPS) is 10.9. The van der Waals surface area contributed by atoms with Gasteiger partial charge in [0.25, 0.3) is 5.91 Å². The standard InChI is InChI=1S/C14H21N3O3/c1-3-14(16,4-2)13(19)17-10-5-7-11(8-6-10)20-9-12(15)18/h5-8H,3-4,9,16H2,1-2H3,(H2,15,18)(H,17,19). The Hall–Kier alpha value is -2.08. The fourth-order valence-corrected chi connectivity index (χ4v) is 1.62. The lowest BCUT2D eigenvalue weighted by molar-refractivity contribution is -0.121. The molecule has 0 bridgehead atoms. The van der Waals surface area contributed by atoms with Gasteiger partial charge in [0.15, 0.2) is 6.61 Å². The SMILES string of the molecule is CCC(N)(CC)C(=O)Nc1ccc(OCC(N)=O)cc1. The molecule has 1 rings (SSSR count). The minimum absolute atomic E-state index is 0.177. The Morgan fingerprint density at radius 3 is 2.20 bits per heavy atom. The highest BCUT2D eigenvalue weighted by Crippen LogP contribution is 2.18. The first-order chi connectivity index (χ1) is 9.41. The van der Waals surface area contributed by atoms with Crippen LogP contribution in [0.1, 0.15) is 26.7 Å². The van der Waals surface area contributed by atoms with Crippen molar-refractivity contribution in [2.24, 2.45) is 11.5 Å². The molecule has 0 spiro atoms. The van der Waals surface area contributed by atoms with Gasteiger partial charge < -0.3 is 21.5 Å². The lowest BCUT2D eigenvalue weighted by atomic mass is 9.93. The Bertz CT molecular complexity index is 467. The quantitative estimate of drug-likeness (QED) is 0.692. The van der Waals surface area contributed by atoms with Crippen molar-refractivity contribution in [2.75, 3.05) is 11.9 Å². The van der Waals surface area contributed by atoms with E-state index in [1.54, 1.807) is 24.3 Å². The van der Waals surface area contributed by atoms with Gasteiger partial charge >= 0.3 is 0 Å². The smallest absolute Gasteiger partial charge is 0.255 e. The van der Waals surface area contributed by atoms with Crippen molar-refractivity contribution in [3.8, 4) is 5.75 Å². The first-order valence-corrected chi connectivity index (χ1v) is 6.52. The van der Waals surface area contributed by atoms with Gasteiger partial charge in [0.2, 0.25) is 5.91 Å². The van der Waals surface area contributed by atoms with Crippen LogP contribution in [0.2, 0.25) is 0 Å². The van der Waals surface area contributed by atoms with Gasteiger partial charge in [0.05, 0.1) is 5.54 Å². The van der Waals surface area contributed by atoms with E-state index in [-0.39, 0.29) is 12.5 Å². The molecule has 20 heavy (non-hydrogen) atoms. The summed E-state index contributed by atoms with van der Waals surface area (Å²) < 4.78 is 5.13. The summed E-state index contributed by atoms with van der Waals surface area (Å²) in [4.78, 5) is 22.7. The predicted molar refractivity (Wildman–Crippen MR) is 77.3 cm³/mol. The number of rotatable bonds is 7. The molecule has 0 unspecified atom stereocenters. The highest BCUT2D eigenvalue weighted by Gasteiger charge is 2.29. The molecule has 0 heterocycles. The van der Waals surface area contributed by atoms with Crippen molar-refractivity contribution in [3.05, 3.63) is 24.3 Å². The first-order valence-electron chi connectivity index (χ1n) is 6.52. The van der Waals surface area contributed by atoms with Gasteiger partial charge in [-0.1, -0.05) is 13.8 Å². The van der Waals surface area contributed by atoms with Crippen LogP contribution in [0.4, 0.5) is 5.69 Å². The van der Waals surface area contributed by atoms with Gasteiger partial charge in [-0.3, -0.25) is 9.59 Å². The van der Waals surface area contributed by atoms with E-state index >= 15 is 0 Å². The second-order valence-electron chi connectivity index (χ2n) is 4.60. The fourth-order valence-electron chi connectivity index (χ4n) is 1.62. The van der Waals surface area contributed by atoms with Crippen LogP contribution in [0.5, 0.6) is 5.75 Å². The zero-order valence-electron chi connectivity index (χ0n) is 11.8. The Morgan fingerprint density at radius 1 is 1.20 bits per heavy atom. The number of amides is 2. The zero-order chi connectivity index (χ0) is 15.2. The van der Waals surface area contributed by atoms with E-state index in [1.165, 1.54) is 0 Å². The number of nitrogens with one attached hydrogen (secondary N) is 1. The van der Waals surface area contributed by atoms with E-state index < -0.39 is 11.4 Å². The summed E-state index contributed by atoms with van der Waals surface area (Å²) in [6, 6.07) is 6.66. The number of anilines is 1. The summed E-state index contributed by atoms with van der Waals surface area (Å²) in [5.74, 6) is -0.249. The van der Waals surface area contributed by atoms with E-state index in [0.29, 0.717) is 24.3 Å². The number of hydrogen-bond donors (Lipinski definition) is 3. The molecule has 6 nitrogen and oxygen atoms in total. The van der Waals surface area contributed by atoms with Crippen LogP contribution in [0.25, 0.3) is 0 Å². The molecule has 0 aliphatic rings. The molecular formula is C14H21N3O3. The van der Waals surface area contributed by atoms with Crippen LogP contribution in [0.3, 0.4) is 0 Å². The molecule has 2 amide bonds. The number of carbonyl (C=O) groups is 2. The van der Waals surface area contributed by atoms with E-state index in [2.05, 4.69) is 5.32 Å². The van der Waals surface area contributed by atoms with Crippen molar-refractivity contribution < 1.29 is 14.3 Å². The van der Waals surface area contributed by atoms with E-state index in [0.717, 1.165) is 0 Å². The average molecular weight is 279 g/mol. The van der Waals surface area contributed by atoms with Crippen LogP contribution in [0.15, 0.2) is 24.3 Å². The third kappa shape index (κ3) is 4.24.